The van der Waals surface area contributed by atoms with Gasteiger partial charge in [0.1, 0.15) is 0 Å². The molecule has 0 aliphatic heterocycles. The van der Waals surface area contributed by atoms with Crippen molar-refractivity contribution >= 4 is 5.91 Å². The maximum atomic E-state index is 11.3. The second kappa shape index (κ2) is 10.5. The highest BCUT2D eigenvalue weighted by atomic mass is 16.1. The summed E-state index contributed by atoms with van der Waals surface area (Å²) in [6.07, 6.45) is 12.3. The standard InChI is InChI=1S/C14H25NO/c1-4-5-6-7-8-9-10-11-14(16)15-12-13(2)3/h5-6,10-11,13H,4,7-9,12H2,1-3H3,(H,15,16). The first-order valence-electron chi connectivity index (χ1n) is 6.26. The van der Waals surface area contributed by atoms with Gasteiger partial charge < -0.3 is 5.32 Å². The lowest BCUT2D eigenvalue weighted by atomic mass is 10.2. The topological polar surface area (TPSA) is 29.1 Å². The maximum Gasteiger partial charge on any atom is 0.243 e. The summed E-state index contributed by atoms with van der Waals surface area (Å²) in [6.45, 7) is 7.06. The van der Waals surface area contributed by atoms with Gasteiger partial charge >= 0.3 is 0 Å². The molecule has 0 saturated carbocycles. The molecule has 0 atom stereocenters. The first kappa shape index (κ1) is 14.9. The fraction of sp³-hybridized carbons (Fsp3) is 0.643. The molecule has 0 heterocycles. The fourth-order valence-corrected chi connectivity index (χ4v) is 1.19. The van der Waals surface area contributed by atoms with Crippen LogP contribution in [-0.2, 0) is 4.79 Å². The number of amides is 1. The predicted molar refractivity (Wildman–Crippen MR) is 70.3 cm³/mol. The van der Waals surface area contributed by atoms with Crippen molar-refractivity contribution in [3.63, 3.8) is 0 Å². The number of unbranched alkanes of at least 4 members (excludes halogenated alkanes) is 2. The molecule has 0 spiro atoms. The summed E-state index contributed by atoms with van der Waals surface area (Å²) in [6, 6.07) is 0. The third-order valence-corrected chi connectivity index (χ3v) is 2.10. The quantitative estimate of drug-likeness (QED) is 0.381. The SMILES string of the molecule is CCC=CCCCC=CC(=O)NCC(C)C. The van der Waals surface area contributed by atoms with Gasteiger partial charge in [-0.25, -0.2) is 0 Å². The van der Waals surface area contributed by atoms with Crippen LogP contribution in [-0.4, -0.2) is 12.5 Å². The van der Waals surface area contributed by atoms with Crippen molar-refractivity contribution in [3.05, 3.63) is 24.3 Å². The van der Waals surface area contributed by atoms with Gasteiger partial charge in [-0.15, -0.1) is 0 Å². The summed E-state index contributed by atoms with van der Waals surface area (Å²) in [7, 11) is 0. The number of allylic oxidation sites excluding steroid dienone is 3. The van der Waals surface area contributed by atoms with E-state index < -0.39 is 0 Å². The smallest absolute Gasteiger partial charge is 0.243 e. The van der Waals surface area contributed by atoms with E-state index in [4.69, 9.17) is 0 Å². The van der Waals surface area contributed by atoms with E-state index in [1.807, 2.05) is 6.08 Å². The van der Waals surface area contributed by atoms with E-state index in [1.165, 1.54) is 0 Å². The molecule has 0 aromatic heterocycles. The minimum atomic E-state index is 0.0257. The third-order valence-electron chi connectivity index (χ3n) is 2.10. The lowest BCUT2D eigenvalue weighted by Gasteiger charge is -2.04. The van der Waals surface area contributed by atoms with Crippen LogP contribution in [0.1, 0.15) is 46.5 Å². The molecule has 92 valence electrons. The number of carbonyl (C=O) groups is 1. The number of nitrogens with one attached hydrogen (secondary N) is 1. The molecule has 1 amide bonds. The molecule has 0 rings (SSSR count). The lowest BCUT2D eigenvalue weighted by molar-refractivity contribution is -0.116. The summed E-state index contributed by atoms with van der Waals surface area (Å²) in [5.41, 5.74) is 0. The van der Waals surface area contributed by atoms with Crippen molar-refractivity contribution in [2.24, 2.45) is 5.92 Å². The molecule has 1 N–H and O–H groups in total. The number of hydrogen-bond donors (Lipinski definition) is 1. The second-order valence-electron chi connectivity index (χ2n) is 4.35. The van der Waals surface area contributed by atoms with Crippen molar-refractivity contribution in [2.45, 2.75) is 46.5 Å². The van der Waals surface area contributed by atoms with Crippen LogP contribution in [0.2, 0.25) is 0 Å². The van der Waals surface area contributed by atoms with E-state index >= 15 is 0 Å². The summed E-state index contributed by atoms with van der Waals surface area (Å²) in [5, 5.41) is 2.85. The summed E-state index contributed by atoms with van der Waals surface area (Å²) in [4.78, 5) is 11.3. The van der Waals surface area contributed by atoms with Gasteiger partial charge in [-0.3, -0.25) is 4.79 Å². The Morgan fingerprint density at radius 3 is 2.50 bits per heavy atom. The molecule has 0 unspecified atom stereocenters. The van der Waals surface area contributed by atoms with E-state index in [0.29, 0.717) is 5.92 Å². The van der Waals surface area contributed by atoms with Crippen LogP contribution in [0.4, 0.5) is 0 Å². The van der Waals surface area contributed by atoms with Gasteiger partial charge in [-0.1, -0.05) is 39.0 Å². The van der Waals surface area contributed by atoms with E-state index in [1.54, 1.807) is 6.08 Å². The monoisotopic (exact) mass is 223 g/mol. The minimum absolute atomic E-state index is 0.0257. The Morgan fingerprint density at radius 2 is 1.88 bits per heavy atom. The first-order chi connectivity index (χ1) is 7.66. The third kappa shape index (κ3) is 11.0. The highest BCUT2D eigenvalue weighted by molar-refractivity contribution is 5.87. The summed E-state index contributed by atoms with van der Waals surface area (Å²) in [5.74, 6) is 0.536. The minimum Gasteiger partial charge on any atom is -0.352 e. The molecule has 0 aromatic rings. The van der Waals surface area contributed by atoms with E-state index in [9.17, 15) is 4.79 Å². The Bertz CT molecular complexity index is 229. The number of hydrogen-bond acceptors (Lipinski definition) is 1. The van der Waals surface area contributed by atoms with Gasteiger partial charge in [0.25, 0.3) is 0 Å². The van der Waals surface area contributed by atoms with E-state index in [-0.39, 0.29) is 5.91 Å². The lowest BCUT2D eigenvalue weighted by Crippen LogP contribution is -2.25. The van der Waals surface area contributed by atoms with Gasteiger partial charge in [0.2, 0.25) is 5.91 Å². The number of carbonyl (C=O) groups excluding carboxylic acids is 1. The second-order valence-corrected chi connectivity index (χ2v) is 4.35. The Hall–Kier alpha value is -1.05. The van der Waals surface area contributed by atoms with Crippen molar-refractivity contribution in [1.82, 2.24) is 5.32 Å². The molecule has 0 aromatic carbocycles. The van der Waals surface area contributed by atoms with Crippen LogP contribution >= 0.6 is 0 Å². The van der Waals surface area contributed by atoms with Crippen LogP contribution in [0.25, 0.3) is 0 Å². The fourth-order valence-electron chi connectivity index (χ4n) is 1.19. The van der Waals surface area contributed by atoms with Crippen LogP contribution in [0.15, 0.2) is 24.3 Å². The van der Waals surface area contributed by atoms with E-state index in [2.05, 4.69) is 38.2 Å². The average Bonchev–Trinajstić information content (AvgIpc) is 2.25. The van der Waals surface area contributed by atoms with Crippen molar-refractivity contribution in [2.75, 3.05) is 6.54 Å². The van der Waals surface area contributed by atoms with Gasteiger partial charge in [0.05, 0.1) is 0 Å². The van der Waals surface area contributed by atoms with Crippen molar-refractivity contribution < 1.29 is 4.79 Å². The highest BCUT2D eigenvalue weighted by Gasteiger charge is 1.96. The summed E-state index contributed by atoms with van der Waals surface area (Å²) < 4.78 is 0. The molecule has 16 heavy (non-hydrogen) atoms. The van der Waals surface area contributed by atoms with Crippen LogP contribution < -0.4 is 5.32 Å². The molecule has 0 radical (unpaired) electrons. The molecule has 0 saturated heterocycles. The van der Waals surface area contributed by atoms with Gasteiger partial charge in [-0.2, -0.15) is 0 Å². The first-order valence-corrected chi connectivity index (χ1v) is 6.26. The molecular weight excluding hydrogens is 198 g/mol. The van der Waals surface area contributed by atoms with E-state index in [0.717, 1.165) is 32.2 Å². The molecular formula is C14H25NO. The van der Waals surface area contributed by atoms with Gasteiger partial charge in [0.15, 0.2) is 0 Å². The Labute approximate surface area is 99.8 Å². The molecule has 0 fully saturated rings. The van der Waals surface area contributed by atoms with Crippen LogP contribution in [0, 0.1) is 5.92 Å². The Kier molecular flexibility index (Phi) is 9.78. The van der Waals surface area contributed by atoms with Gasteiger partial charge in [0, 0.05) is 6.54 Å². The molecule has 2 nitrogen and oxygen atoms in total. The average molecular weight is 223 g/mol. The zero-order valence-corrected chi connectivity index (χ0v) is 10.8. The molecule has 0 bridgehead atoms. The Balaban J connectivity index is 3.45. The summed E-state index contributed by atoms with van der Waals surface area (Å²) >= 11 is 0. The van der Waals surface area contributed by atoms with Gasteiger partial charge in [-0.05, 0) is 37.7 Å². The number of rotatable bonds is 8. The molecule has 0 aliphatic rings. The Morgan fingerprint density at radius 1 is 1.19 bits per heavy atom. The maximum absolute atomic E-state index is 11.3. The molecule has 0 aliphatic carbocycles. The largest absolute Gasteiger partial charge is 0.352 e. The molecule has 2 heteroatoms. The zero-order valence-electron chi connectivity index (χ0n) is 10.8. The predicted octanol–water partition coefficient (Wildman–Crippen LogP) is 3.45. The van der Waals surface area contributed by atoms with Crippen molar-refractivity contribution in [1.29, 1.82) is 0 Å². The van der Waals surface area contributed by atoms with Crippen molar-refractivity contribution in [3.8, 4) is 0 Å². The zero-order chi connectivity index (χ0) is 12.2. The normalized spacial score (nSPS) is 11.8. The van der Waals surface area contributed by atoms with Crippen LogP contribution in [0.3, 0.4) is 0 Å². The van der Waals surface area contributed by atoms with Crippen LogP contribution in [0.5, 0.6) is 0 Å². The highest BCUT2D eigenvalue weighted by Crippen LogP contribution is 1.98.